The molecule has 1 fully saturated rings. The molecule has 0 radical (unpaired) electrons. The minimum absolute atomic E-state index is 0.0548. The lowest BCUT2D eigenvalue weighted by atomic mass is 9.99. The Morgan fingerprint density at radius 2 is 1.62 bits per heavy atom. The Bertz CT molecular complexity index is 1020. The summed E-state index contributed by atoms with van der Waals surface area (Å²) in [6, 6.07) is 6.77. The van der Waals surface area contributed by atoms with Gasteiger partial charge in [0.25, 0.3) is 11.0 Å². The van der Waals surface area contributed by atoms with Gasteiger partial charge < -0.3 is 39.2 Å². The highest BCUT2D eigenvalue weighted by molar-refractivity contribution is 7.72. The van der Waals surface area contributed by atoms with E-state index in [-0.39, 0.29) is 19.4 Å². The smallest absolute Gasteiger partial charge is 0.369 e. The molecule has 16 heteroatoms. The van der Waals surface area contributed by atoms with Crippen LogP contribution in [-0.4, -0.2) is 90.6 Å². The van der Waals surface area contributed by atoms with Crippen LogP contribution in [0.4, 0.5) is 5.69 Å². The van der Waals surface area contributed by atoms with E-state index >= 15 is 0 Å². The van der Waals surface area contributed by atoms with Crippen molar-refractivity contribution in [2.24, 2.45) is 0 Å². The summed E-state index contributed by atoms with van der Waals surface area (Å²) in [6.45, 7) is 0.836. The zero-order valence-corrected chi connectivity index (χ0v) is 24.7. The summed E-state index contributed by atoms with van der Waals surface area (Å²) < 4.78 is 28.6. The standard InChI is InChI=1S/C23H36Cl2N2O10P2/c24-11-14-26(15-12-25)19-9-7-18(8-10-19)4-3-6-22(29)37-17-21(28)27-13-2-1-5-20(27)16-23(30,38(31,32)33)39(34,35)36/h7-10,20,30H,1-6,11-17H2,(H2,31,32,33)(H2,34,35,36). The second-order valence-corrected chi connectivity index (χ2v) is 14.1. The monoisotopic (exact) mass is 632 g/mol. The van der Waals surface area contributed by atoms with E-state index in [4.69, 9.17) is 27.9 Å². The lowest BCUT2D eigenvalue weighted by molar-refractivity contribution is -0.154. The fraction of sp³-hybridized carbons (Fsp3) is 0.652. The summed E-state index contributed by atoms with van der Waals surface area (Å²) >= 11 is 11.7. The molecule has 12 nitrogen and oxygen atoms in total. The molecule has 1 aromatic rings. The van der Waals surface area contributed by atoms with Crippen molar-refractivity contribution >= 4 is 56.0 Å². The number of carbonyl (C=O) groups is 2. The first kappa shape index (κ1) is 34.0. The minimum atomic E-state index is -5.66. The summed E-state index contributed by atoms with van der Waals surface area (Å²) in [5, 5.41) is 6.65. The number of nitrogens with zero attached hydrogens (tertiary/aromatic N) is 2. The fourth-order valence-corrected chi connectivity index (χ4v) is 7.11. The van der Waals surface area contributed by atoms with E-state index in [9.17, 15) is 43.4 Å². The molecule has 1 unspecified atom stereocenters. The Balaban J connectivity index is 1.87. The summed E-state index contributed by atoms with van der Waals surface area (Å²) in [5.41, 5.74) is 2.01. The highest BCUT2D eigenvalue weighted by Crippen LogP contribution is 2.69. The fourth-order valence-electron chi connectivity index (χ4n) is 4.45. The zero-order valence-electron chi connectivity index (χ0n) is 21.4. The van der Waals surface area contributed by atoms with Gasteiger partial charge in [-0.15, -0.1) is 23.2 Å². The molecule has 0 aromatic heterocycles. The number of rotatable bonds is 15. The number of halogens is 2. The summed E-state index contributed by atoms with van der Waals surface area (Å²) in [7, 11) is -11.3. The number of amides is 1. The summed E-state index contributed by atoms with van der Waals surface area (Å²) in [4.78, 5) is 65.9. The molecule has 0 bridgehead atoms. The second kappa shape index (κ2) is 15.1. The molecule has 1 amide bonds. The Morgan fingerprint density at radius 1 is 1.03 bits per heavy atom. The van der Waals surface area contributed by atoms with Crippen LogP contribution in [0.3, 0.4) is 0 Å². The average molecular weight is 633 g/mol. The lowest BCUT2D eigenvalue weighted by Gasteiger charge is -2.40. The molecule has 5 N–H and O–H groups in total. The van der Waals surface area contributed by atoms with Crippen molar-refractivity contribution < 1.29 is 48.1 Å². The van der Waals surface area contributed by atoms with E-state index in [1.54, 1.807) is 0 Å². The van der Waals surface area contributed by atoms with Gasteiger partial charge >= 0.3 is 21.2 Å². The number of carbonyl (C=O) groups excluding carboxylic acids is 2. The van der Waals surface area contributed by atoms with Crippen molar-refractivity contribution in [1.82, 2.24) is 4.90 Å². The highest BCUT2D eigenvalue weighted by atomic mass is 35.5. The predicted molar refractivity (Wildman–Crippen MR) is 147 cm³/mol. The molecule has 1 aliphatic rings. The number of piperidine rings is 1. The molecule has 1 saturated heterocycles. The molecule has 1 aromatic carbocycles. The van der Waals surface area contributed by atoms with Crippen LogP contribution in [0.2, 0.25) is 0 Å². The summed E-state index contributed by atoms with van der Waals surface area (Å²) in [6.07, 6.45) is 1.33. The van der Waals surface area contributed by atoms with Crippen LogP contribution < -0.4 is 4.90 Å². The Morgan fingerprint density at radius 3 is 2.15 bits per heavy atom. The van der Waals surface area contributed by atoms with E-state index in [1.807, 2.05) is 24.3 Å². The van der Waals surface area contributed by atoms with Gasteiger partial charge in [-0.3, -0.25) is 18.7 Å². The number of hydrogen-bond donors (Lipinski definition) is 5. The maximum absolute atomic E-state index is 12.7. The van der Waals surface area contributed by atoms with Crippen molar-refractivity contribution in [3.8, 4) is 0 Å². The largest absolute Gasteiger partial charge is 0.456 e. The van der Waals surface area contributed by atoms with Gasteiger partial charge in [-0.25, -0.2) is 0 Å². The van der Waals surface area contributed by atoms with Gasteiger partial charge in [0.2, 0.25) is 0 Å². The molecule has 2 rings (SSSR count). The van der Waals surface area contributed by atoms with E-state index in [0.717, 1.165) is 16.2 Å². The number of anilines is 1. The number of alkyl halides is 2. The van der Waals surface area contributed by atoms with Crippen molar-refractivity contribution in [1.29, 1.82) is 0 Å². The molecule has 222 valence electrons. The van der Waals surface area contributed by atoms with Crippen molar-refractivity contribution in [2.45, 2.75) is 56.1 Å². The van der Waals surface area contributed by atoms with Crippen LogP contribution in [0.5, 0.6) is 0 Å². The number of ether oxygens (including phenoxy) is 1. The molecule has 0 saturated carbocycles. The van der Waals surface area contributed by atoms with Crippen molar-refractivity contribution in [2.75, 3.05) is 42.9 Å². The Labute approximate surface area is 237 Å². The van der Waals surface area contributed by atoms with Crippen LogP contribution >= 0.6 is 38.4 Å². The first-order valence-corrected chi connectivity index (χ1v) is 16.8. The lowest BCUT2D eigenvalue weighted by Crippen LogP contribution is -2.49. The zero-order chi connectivity index (χ0) is 29.3. The maximum atomic E-state index is 12.7. The highest BCUT2D eigenvalue weighted by Gasteiger charge is 2.60. The van der Waals surface area contributed by atoms with Gasteiger partial charge in [0.1, 0.15) is 0 Å². The van der Waals surface area contributed by atoms with Gasteiger partial charge in [-0.2, -0.15) is 0 Å². The molecule has 0 aliphatic carbocycles. The first-order valence-electron chi connectivity index (χ1n) is 12.5. The molecule has 0 spiro atoms. The van der Waals surface area contributed by atoms with Gasteiger partial charge in [-0.1, -0.05) is 12.1 Å². The third-order valence-corrected chi connectivity index (χ3v) is 10.7. The van der Waals surface area contributed by atoms with Gasteiger partial charge in [0.05, 0.1) is 0 Å². The number of benzene rings is 1. The Kier molecular flexibility index (Phi) is 13.2. The van der Waals surface area contributed by atoms with E-state index in [0.29, 0.717) is 50.5 Å². The molecular formula is C23H36Cl2N2O10P2. The second-order valence-electron chi connectivity index (χ2n) is 9.35. The maximum Gasteiger partial charge on any atom is 0.369 e. The quantitative estimate of drug-likeness (QED) is 0.109. The van der Waals surface area contributed by atoms with Crippen molar-refractivity contribution in [3.05, 3.63) is 29.8 Å². The first-order chi connectivity index (χ1) is 18.2. The summed E-state index contributed by atoms with van der Waals surface area (Å²) in [5.74, 6) is -0.332. The van der Waals surface area contributed by atoms with Gasteiger partial charge in [0, 0.05) is 56.0 Å². The SMILES string of the molecule is O=C(CCCc1ccc(N(CCCl)CCCl)cc1)OCC(=O)N1CCCCC1CC(O)(P(=O)(O)O)P(=O)(O)O. The average Bonchev–Trinajstić information content (AvgIpc) is 2.86. The normalized spacial score (nSPS) is 16.7. The molecule has 1 aliphatic heterocycles. The molecular weight excluding hydrogens is 597 g/mol. The number of aliphatic hydroxyl groups is 1. The van der Waals surface area contributed by atoms with Crippen LogP contribution in [0.1, 0.15) is 44.1 Å². The van der Waals surface area contributed by atoms with Gasteiger partial charge in [-0.05, 0) is 49.8 Å². The minimum Gasteiger partial charge on any atom is -0.456 e. The van der Waals surface area contributed by atoms with Crippen LogP contribution in [0, 0.1) is 0 Å². The van der Waals surface area contributed by atoms with Crippen LogP contribution in [0.15, 0.2) is 24.3 Å². The van der Waals surface area contributed by atoms with Crippen LogP contribution in [-0.2, 0) is 29.9 Å². The molecule has 1 heterocycles. The predicted octanol–water partition coefficient (Wildman–Crippen LogP) is 2.61. The Hall–Kier alpha value is -1.20. The topological polar surface area (TPSA) is 185 Å². The number of esters is 1. The molecule has 1 atom stereocenters. The van der Waals surface area contributed by atoms with E-state index in [1.165, 1.54) is 0 Å². The molecule has 39 heavy (non-hydrogen) atoms. The van der Waals surface area contributed by atoms with Crippen LogP contribution in [0.25, 0.3) is 0 Å². The third-order valence-electron chi connectivity index (χ3n) is 6.60. The van der Waals surface area contributed by atoms with E-state index in [2.05, 4.69) is 4.90 Å². The number of hydrogen-bond acceptors (Lipinski definition) is 7. The number of aryl methyl sites for hydroxylation is 1. The van der Waals surface area contributed by atoms with E-state index < -0.39 is 51.2 Å². The van der Waals surface area contributed by atoms with Crippen molar-refractivity contribution in [3.63, 3.8) is 0 Å². The third kappa shape index (κ3) is 9.69. The van der Waals surface area contributed by atoms with Gasteiger partial charge in [0.15, 0.2) is 6.61 Å². The number of likely N-dealkylation sites (tertiary alicyclic amines) is 1.